The van der Waals surface area contributed by atoms with Crippen molar-refractivity contribution >= 4 is 32.4 Å². The van der Waals surface area contributed by atoms with Gasteiger partial charge in [0.25, 0.3) is 0 Å². The molecule has 1 saturated heterocycles. The van der Waals surface area contributed by atoms with E-state index >= 15 is 0 Å². The highest BCUT2D eigenvalue weighted by Crippen LogP contribution is 2.34. The monoisotopic (exact) mass is 353 g/mol. The molecule has 0 atom stereocenters. The smallest absolute Gasteiger partial charge is 0.186 e. The van der Waals surface area contributed by atoms with Gasteiger partial charge in [-0.1, -0.05) is 29.5 Å². The largest absolute Gasteiger partial charge is 0.492 e. The third-order valence-electron chi connectivity index (χ3n) is 4.59. The van der Waals surface area contributed by atoms with Gasteiger partial charge < -0.3 is 14.5 Å². The maximum absolute atomic E-state index is 5.72. The quantitative estimate of drug-likeness (QED) is 0.698. The Morgan fingerprint density at radius 1 is 1.04 bits per heavy atom. The number of hydrogen-bond donors (Lipinski definition) is 0. The summed E-state index contributed by atoms with van der Waals surface area (Å²) >= 11 is 1.76. The lowest BCUT2D eigenvalue weighted by Crippen LogP contribution is -2.46. The molecular weight excluding hydrogens is 330 g/mol. The normalized spacial score (nSPS) is 15.0. The lowest BCUT2D eigenvalue weighted by molar-refractivity contribution is 0.344. The first kappa shape index (κ1) is 16.2. The van der Waals surface area contributed by atoms with Gasteiger partial charge in [0.2, 0.25) is 0 Å². The van der Waals surface area contributed by atoms with Crippen molar-refractivity contribution in [2.75, 3.05) is 42.6 Å². The van der Waals surface area contributed by atoms with Gasteiger partial charge >= 0.3 is 0 Å². The number of ether oxygens (including phenoxy) is 1. The molecule has 3 aromatic rings. The SMILES string of the molecule is CCOc1cccc2sc(N3CCN(c4cccc(C)c4)CC3)nc12. The summed E-state index contributed by atoms with van der Waals surface area (Å²) in [5, 5.41) is 1.10. The second-order valence-corrected chi connectivity index (χ2v) is 7.35. The van der Waals surface area contributed by atoms with Gasteiger partial charge in [0, 0.05) is 31.9 Å². The molecule has 0 amide bonds. The molecule has 1 aromatic heterocycles. The zero-order valence-electron chi connectivity index (χ0n) is 14.7. The number of hydrogen-bond acceptors (Lipinski definition) is 5. The van der Waals surface area contributed by atoms with Crippen molar-refractivity contribution in [2.24, 2.45) is 0 Å². The van der Waals surface area contributed by atoms with Gasteiger partial charge in [0.1, 0.15) is 11.3 Å². The van der Waals surface area contributed by atoms with E-state index in [2.05, 4.69) is 47.1 Å². The van der Waals surface area contributed by atoms with E-state index in [-0.39, 0.29) is 0 Å². The number of piperazine rings is 1. The zero-order chi connectivity index (χ0) is 17.2. The molecule has 1 fully saturated rings. The molecule has 130 valence electrons. The molecule has 0 spiro atoms. The number of nitrogens with zero attached hydrogens (tertiary/aromatic N) is 3. The Kier molecular flexibility index (Phi) is 4.49. The van der Waals surface area contributed by atoms with Gasteiger partial charge in [-0.2, -0.15) is 0 Å². The Labute approximate surface area is 152 Å². The Morgan fingerprint density at radius 2 is 1.80 bits per heavy atom. The first-order chi connectivity index (χ1) is 12.2. The van der Waals surface area contributed by atoms with Gasteiger partial charge in [0.05, 0.1) is 11.3 Å². The second-order valence-electron chi connectivity index (χ2n) is 6.35. The van der Waals surface area contributed by atoms with E-state index < -0.39 is 0 Å². The molecular formula is C20H23N3OS. The van der Waals surface area contributed by atoms with Crippen LogP contribution in [0.15, 0.2) is 42.5 Å². The van der Waals surface area contributed by atoms with Crippen LogP contribution in [0.4, 0.5) is 10.8 Å². The number of benzene rings is 2. The predicted molar refractivity (Wildman–Crippen MR) is 106 cm³/mol. The van der Waals surface area contributed by atoms with Crippen LogP contribution in [0.1, 0.15) is 12.5 Å². The average Bonchev–Trinajstić information content (AvgIpc) is 3.07. The van der Waals surface area contributed by atoms with Crippen molar-refractivity contribution in [1.29, 1.82) is 0 Å². The van der Waals surface area contributed by atoms with Gasteiger partial charge in [-0.3, -0.25) is 0 Å². The van der Waals surface area contributed by atoms with Crippen molar-refractivity contribution in [3.63, 3.8) is 0 Å². The van der Waals surface area contributed by atoms with Crippen LogP contribution < -0.4 is 14.5 Å². The number of aromatic nitrogens is 1. The van der Waals surface area contributed by atoms with Crippen LogP contribution >= 0.6 is 11.3 Å². The first-order valence-corrected chi connectivity index (χ1v) is 9.65. The van der Waals surface area contributed by atoms with E-state index in [9.17, 15) is 0 Å². The molecule has 5 heteroatoms. The molecule has 0 unspecified atom stereocenters. The molecule has 4 nitrogen and oxygen atoms in total. The molecule has 0 saturated carbocycles. The molecule has 0 aliphatic carbocycles. The van der Waals surface area contributed by atoms with E-state index in [1.54, 1.807) is 11.3 Å². The Balaban J connectivity index is 1.51. The third kappa shape index (κ3) is 3.29. The highest BCUT2D eigenvalue weighted by atomic mass is 32.1. The van der Waals surface area contributed by atoms with Gasteiger partial charge in [-0.15, -0.1) is 0 Å². The summed E-state index contributed by atoms with van der Waals surface area (Å²) in [4.78, 5) is 9.72. The lowest BCUT2D eigenvalue weighted by atomic mass is 10.2. The van der Waals surface area contributed by atoms with Crippen molar-refractivity contribution in [1.82, 2.24) is 4.98 Å². The fourth-order valence-electron chi connectivity index (χ4n) is 3.30. The highest BCUT2D eigenvalue weighted by molar-refractivity contribution is 7.22. The molecule has 1 aliphatic heterocycles. The minimum Gasteiger partial charge on any atom is -0.492 e. The van der Waals surface area contributed by atoms with E-state index in [1.807, 2.05) is 19.1 Å². The molecule has 2 heterocycles. The summed E-state index contributed by atoms with van der Waals surface area (Å²) in [7, 11) is 0. The minimum atomic E-state index is 0.668. The van der Waals surface area contributed by atoms with E-state index in [0.717, 1.165) is 42.6 Å². The Hall–Kier alpha value is -2.27. The van der Waals surface area contributed by atoms with Gasteiger partial charge in [-0.05, 0) is 43.7 Å². The number of rotatable bonds is 4. The van der Waals surface area contributed by atoms with Crippen LogP contribution in [-0.2, 0) is 0 Å². The van der Waals surface area contributed by atoms with Crippen LogP contribution in [-0.4, -0.2) is 37.8 Å². The number of para-hydroxylation sites is 1. The standard InChI is InChI=1S/C20H23N3OS/c1-3-24-17-8-5-9-18-19(17)21-20(25-18)23-12-10-22(11-13-23)16-7-4-6-15(2)14-16/h4-9,14H,3,10-13H2,1-2H3. The van der Waals surface area contributed by atoms with Crippen LogP contribution in [0.3, 0.4) is 0 Å². The van der Waals surface area contributed by atoms with Gasteiger partial charge in [-0.25, -0.2) is 4.98 Å². The first-order valence-electron chi connectivity index (χ1n) is 8.83. The number of fused-ring (bicyclic) bond motifs is 1. The fraction of sp³-hybridized carbons (Fsp3) is 0.350. The summed E-state index contributed by atoms with van der Waals surface area (Å²) in [5.74, 6) is 0.890. The number of anilines is 2. The topological polar surface area (TPSA) is 28.6 Å². The maximum Gasteiger partial charge on any atom is 0.186 e. The Bertz CT molecular complexity index is 868. The molecule has 0 N–H and O–H groups in total. The van der Waals surface area contributed by atoms with E-state index in [1.165, 1.54) is 16.0 Å². The van der Waals surface area contributed by atoms with Crippen molar-refractivity contribution in [2.45, 2.75) is 13.8 Å². The van der Waals surface area contributed by atoms with Crippen LogP contribution in [0.5, 0.6) is 5.75 Å². The molecule has 0 radical (unpaired) electrons. The highest BCUT2D eigenvalue weighted by Gasteiger charge is 2.21. The summed E-state index contributed by atoms with van der Waals surface area (Å²) in [5.41, 5.74) is 3.63. The Morgan fingerprint density at radius 3 is 2.56 bits per heavy atom. The van der Waals surface area contributed by atoms with Crippen LogP contribution in [0.25, 0.3) is 10.2 Å². The van der Waals surface area contributed by atoms with Crippen molar-refractivity contribution < 1.29 is 4.74 Å². The summed E-state index contributed by atoms with van der Waals surface area (Å²) in [6, 6.07) is 14.9. The van der Waals surface area contributed by atoms with E-state index in [4.69, 9.17) is 9.72 Å². The molecule has 25 heavy (non-hydrogen) atoms. The zero-order valence-corrected chi connectivity index (χ0v) is 15.6. The van der Waals surface area contributed by atoms with Crippen LogP contribution in [0, 0.1) is 6.92 Å². The summed E-state index contributed by atoms with van der Waals surface area (Å²) < 4.78 is 6.92. The molecule has 1 aliphatic rings. The summed E-state index contributed by atoms with van der Waals surface area (Å²) in [6.45, 7) is 8.87. The predicted octanol–water partition coefficient (Wildman–Crippen LogP) is 4.33. The lowest BCUT2D eigenvalue weighted by Gasteiger charge is -2.36. The average molecular weight is 353 g/mol. The number of aryl methyl sites for hydroxylation is 1. The third-order valence-corrected chi connectivity index (χ3v) is 5.67. The minimum absolute atomic E-state index is 0.668. The molecule has 2 aromatic carbocycles. The molecule has 0 bridgehead atoms. The van der Waals surface area contributed by atoms with Crippen LogP contribution in [0.2, 0.25) is 0 Å². The van der Waals surface area contributed by atoms with E-state index in [0.29, 0.717) is 6.61 Å². The fourth-order valence-corrected chi connectivity index (χ4v) is 4.33. The second kappa shape index (κ2) is 6.92. The van der Waals surface area contributed by atoms with Gasteiger partial charge in [0.15, 0.2) is 5.13 Å². The number of thiazole rings is 1. The van der Waals surface area contributed by atoms with Crippen molar-refractivity contribution in [3.05, 3.63) is 48.0 Å². The van der Waals surface area contributed by atoms with Crippen molar-refractivity contribution in [3.8, 4) is 5.75 Å². The summed E-state index contributed by atoms with van der Waals surface area (Å²) in [6.07, 6.45) is 0. The molecule has 4 rings (SSSR count). The maximum atomic E-state index is 5.72.